The molecular weight excluding hydrogens is 265 g/mol. The van der Waals surface area contributed by atoms with E-state index in [1.807, 2.05) is 0 Å². The highest BCUT2D eigenvalue weighted by Gasteiger charge is 2.37. The zero-order valence-electron chi connectivity index (χ0n) is 10.8. The molecule has 1 heterocycles. The van der Waals surface area contributed by atoms with E-state index >= 15 is 0 Å². The standard InChI is InChI=1S/C11H17F3N2O3/c1-7(2)15-9(17)8-4-3-5-16(8)10(18)19-6-11(12,13)14/h7-8H,3-6H2,1-2H3,(H,15,17)/t8-/m0/s1. The number of amides is 2. The van der Waals surface area contributed by atoms with Gasteiger partial charge in [-0.2, -0.15) is 13.2 Å². The zero-order valence-corrected chi connectivity index (χ0v) is 10.8. The minimum absolute atomic E-state index is 0.0962. The molecule has 1 saturated heterocycles. The fourth-order valence-electron chi connectivity index (χ4n) is 1.87. The predicted octanol–water partition coefficient (Wildman–Crippen LogP) is 1.67. The quantitative estimate of drug-likeness (QED) is 0.856. The van der Waals surface area contributed by atoms with Crippen molar-refractivity contribution >= 4 is 12.0 Å². The van der Waals surface area contributed by atoms with E-state index in [9.17, 15) is 22.8 Å². The van der Waals surface area contributed by atoms with Gasteiger partial charge in [0, 0.05) is 12.6 Å². The summed E-state index contributed by atoms with van der Waals surface area (Å²) in [6.45, 7) is 2.12. The molecule has 0 aliphatic carbocycles. The molecule has 1 aliphatic heterocycles. The predicted molar refractivity (Wildman–Crippen MR) is 60.4 cm³/mol. The molecule has 2 amide bonds. The number of hydrogen-bond acceptors (Lipinski definition) is 3. The lowest BCUT2D eigenvalue weighted by Gasteiger charge is -2.24. The molecule has 0 aromatic heterocycles. The zero-order chi connectivity index (χ0) is 14.6. The Morgan fingerprint density at radius 1 is 1.42 bits per heavy atom. The summed E-state index contributed by atoms with van der Waals surface area (Å²) in [5, 5.41) is 2.63. The van der Waals surface area contributed by atoms with Gasteiger partial charge in [-0.25, -0.2) is 4.79 Å². The van der Waals surface area contributed by atoms with E-state index < -0.39 is 24.9 Å². The monoisotopic (exact) mass is 282 g/mol. The van der Waals surface area contributed by atoms with Crippen LogP contribution in [0.5, 0.6) is 0 Å². The number of alkyl halides is 3. The number of nitrogens with zero attached hydrogens (tertiary/aromatic N) is 1. The lowest BCUT2D eigenvalue weighted by Crippen LogP contribution is -2.48. The summed E-state index contributed by atoms with van der Waals surface area (Å²) in [4.78, 5) is 24.4. The number of carbonyl (C=O) groups is 2. The van der Waals surface area contributed by atoms with Gasteiger partial charge in [0.2, 0.25) is 5.91 Å². The first-order valence-electron chi connectivity index (χ1n) is 6.01. The first-order chi connectivity index (χ1) is 8.70. The molecule has 1 rings (SSSR count). The van der Waals surface area contributed by atoms with Crippen molar-refractivity contribution in [3.05, 3.63) is 0 Å². The number of nitrogens with one attached hydrogen (secondary N) is 1. The molecule has 0 spiro atoms. The van der Waals surface area contributed by atoms with E-state index in [1.165, 1.54) is 0 Å². The van der Waals surface area contributed by atoms with E-state index in [0.717, 1.165) is 4.90 Å². The maximum Gasteiger partial charge on any atom is 0.422 e. The second-order valence-corrected chi connectivity index (χ2v) is 4.68. The normalized spacial score (nSPS) is 19.7. The van der Waals surface area contributed by atoms with Gasteiger partial charge in [0.15, 0.2) is 6.61 Å². The van der Waals surface area contributed by atoms with E-state index in [0.29, 0.717) is 12.8 Å². The van der Waals surface area contributed by atoms with Crippen molar-refractivity contribution in [1.82, 2.24) is 10.2 Å². The van der Waals surface area contributed by atoms with Crippen molar-refractivity contribution in [3.63, 3.8) is 0 Å². The second-order valence-electron chi connectivity index (χ2n) is 4.68. The van der Waals surface area contributed by atoms with Crippen LogP contribution >= 0.6 is 0 Å². The number of rotatable bonds is 3. The van der Waals surface area contributed by atoms with Crippen molar-refractivity contribution in [1.29, 1.82) is 0 Å². The molecular formula is C11H17F3N2O3. The van der Waals surface area contributed by atoms with Crippen LogP contribution in [-0.4, -0.2) is 48.3 Å². The van der Waals surface area contributed by atoms with E-state index in [2.05, 4.69) is 10.1 Å². The highest BCUT2D eigenvalue weighted by molar-refractivity contribution is 5.86. The van der Waals surface area contributed by atoms with Crippen LogP contribution in [0.3, 0.4) is 0 Å². The minimum Gasteiger partial charge on any atom is -0.440 e. The summed E-state index contributed by atoms with van der Waals surface area (Å²) >= 11 is 0. The Morgan fingerprint density at radius 2 is 2.05 bits per heavy atom. The molecule has 1 atom stereocenters. The lowest BCUT2D eigenvalue weighted by molar-refractivity contribution is -0.162. The first kappa shape index (κ1) is 15.6. The van der Waals surface area contributed by atoms with Gasteiger partial charge in [0.05, 0.1) is 0 Å². The number of likely N-dealkylation sites (tertiary alicyclic amines) is 1. The van der Waals surface area contributed by atoms with E-state index in [4.69, 9.17) is 0 Å². The Kier molecular flexibility index (Phi) is 5.02. The first-order valence-corrected chi connectivity index (χ1v) is 6.01. The summed E-state index contributed by atoms with van der Waals surface area (Å²) in [5.41, 5.74) is 0. The van der Waals surface area contributed by atoms with Crippen molar-refractivity contribution in [2.24, 2.45) is 0 Å². The van der Waals surface area contributed by atoms with Gasteiger partial charge in [0.1, 0.15) is 6.04 Å². The molecule has 1 fully saturated rings. The lowest BCUT2D eigenvalue weighted by atomic mass is 10.2. The maximum atomic E-state index is 12.0. The molecule has 8 heteroatoms. The Labute approximate surface area is 109 Å². The molecule has 1 N–H and O–H groups in total. The second kappa shape index (κ2) is 6.12. The van der Waals surface area contributed by atoms with Gasteiger partial charge in [0.25, 0.3) is 0 Å². The van der Waals surface area contributed by atoms with E-state index in [-0.39, 0.29) is 18.5 Å². The van der Waals surface area contributed by atoms with Crippen molar-refractivity contribution in [2.45, 2.75) is 44.9 Å². The SMILES string of the molecule is CC(C)NC(=O)[C@@H]1CCCN1C(=O)OCC(F)(F)F. The molecule has 0 unspecified atom stereocenters. The van der Waals surface area contributed by atoms with Crippen LogP contribution in [0.2, 0.25) is 0 Å². The van der Waals surface area contributed by atoms with Crippen LogP contribution in [-0.2, 0) is 9.53 Å². The topological polar surface area (TPSA) is 58.6 Å². The highest BCUT2D eigenvalue weighted by atomic mass is 19.4. The summed E-state index contributed by atoms with van der Waals surface area (Å²) < 4.78 is 40.0. The average molecular weight is 282 g/mol. The molecule has 110 valence electrons. The third-order valence-corrected chi connectivity index (χ3v) is 2.58. The fraction of sp³-hybridized carbons (Fsp3) is 0.818. The van der Waals surface area contributed by atoms with Gasteiger partial charge in [-0.3, -0.25) is 9.69 Å². The molecule has 1 aliphatic rings. The Bertz CT molecular complexity index is 345. The largest absolute Gasteiger partial charge is 0.440 e. The van der Waals surface area contributed by atoms with Crippen LogP contribution in [0.15, 0.2) is 0 Å². The molecule has 0 aromatic rings. The van der Waals surface area contributed by atoms with Crippen molar-refractivity contribution in [3.8, 4) is 0 Å². The van der Waals surface area contributed by atoms with Gasteiger partial charge < -0.3 is 10.1 Å². The summed E-state index contributed by atoms with van der Waals surface area (Å²) in [6, 6.07) is -0.843. The number of halogens is 3. The Morgan fingerprint density at radius 3 is 2.58 bits per heavy atom. The van der Waals surface area contributed by atoms with Gasteiger partial charge in [-0.15, -0.1) is 0 Å². The molecule has 0 bridgehead atoms. The molecule has 19 heavy (non-hydrogen) atoms. The summed E-state index contributed by atoms with van der Waals surface area (Å²) in [5.74, 6) is -0.364. The molecule has 0 radical (unpaired) electrons. The van der Waals surface area contributed by atoms with Crippen molar-refractivity contribution in [2.75, 3.05) is 13.2 Å². The summed E-state index contributed by atoms with van der Waals surface area (Å²) in [6.07, 6.45) is -4.67. The van der Waals surface area contributed by atoms with Crippen LogP contribution in [0, 0.1) is 0 Å². The van der Waals surface area contributed by atoms with Crippen LogP contribution in [0.25, 0.3) is 0 Å². The van der Waals surface area contributed by atoms with Crippen LogP contribution < -0.4 is 5.32 Å². The number of carbonyl (C=O) groups excluding carboxylic acids is 2. The Hall–Kier alpha value is -1.47. The highest BCUT2D eigenvalue weighted by Crippen LogP contribution is 2.20. The average Bonchev–Trinajstić information content (AvgIpc) is 2.72. The summed E-state index contributed by atoms with van der Waals surface area (Å²) in [7, 11) is 0. The van der Waals surface area contributed by atoms with Crippen LogP contribution in [0.1, 0.15) is 26.7 Å². The maximum absolute atomic E-state index is 12.0. The Balaban J connectivity index is 2.56. The smallest absolute Gasteiger partial charge is 0.422 e. The van der Waals surface area contributed by atoms with Gasteiger partial charge in [-0.1, -0.05) is 0 Å². The molecule has 0 aromatic carbocycles. The molecule has 5 nitrogen and oxygen atoms in total. The van der Waals surface area contributed by atoms with Crippen LogP contribution in [0.4, 0.5) is 18.0 Å². The minimum atomic E-state index is -4.56. The molecule has 0 saturated carbocycles. The fourth-order valence-corrected chi connectivity index (χ4v) is 1.87. The van der Waals surface area contributed by atoms with Gasteiger partial charge >= 0.3 is 12.3 Å². The number of ether oxygens (including phenoxy) is 1. The van der Waals surface area contributed by atoms with E-state index in [1.54, 1.807) is 13.8 Å². The van der Waals surface area contributed by atoms with Gasteiger partial charge in [-0.05, 0) is 26.7 Å². The third kappa shape index (κ3) is 4.96. The number of hydrogen-bond donors (Lipinski definition) is 1. The third-order valence-electron chi connectivity index (χ3n) is 2.58. The van der Waals surface area contributed by atoms with Crippen molar-refractivity contribution < 1.29 is 27.5 Å².